The molecule has 1 amide bonds. The molecule has 0 N–H and O–H groups in total. The first kappa shape index (κ1) is 15.3. The molecule has 25 heavy (non-hydrogen) atoms. The first-order valence-electron chi connectivity index (χ1n) is 7.80. The highest BCUT2D eigenvalue weighted by Crippen LogP contribution is 2.24. The van der Waals surface area contributed by atoms with Crippen LogP contribution in [-0.2, 0) is 20.0 Å². The van der Waals surface area contributed by atoms with E-state index in [1.54, 1.807) is 29.7 Å². The minimum absolute atomic E-state index is 0.184. The summed E-state index contributed by atoms with van der Waals surface area (Å²) in [5.41, 5.74) is 2.23. The van der Waals surface area contributed by atoms with Gasteiger partial charge < -0.3 is 18.6 Å². The first-order valence-corrected chi connectivity index (χ1v) is 7.80. The fourth-order valence-corrected chi connectivity index (χ4v) is 2.90. The molecule has 0 aliphatic carbocycles. The van der Waals surface area contributed by atoms with E-state index in [1.165, 1.54) is 12.7 Å². The summed E-state index contributed by atoms with van der Waals surface area (Å²) in [6.07, 6.45) is 8.19. The van der Waals surface area contributed by atoms with Gasteiger partial charge in [0.05, 0.1) is 24.6 Å². The molecule has 9 nitrogen and oxygen atoms in total. The number of aryl methyl sites for hydroxylation is 1. The number of carbonyl (C=O) groups is 1. The highest BCUT2D eigenvalue weighted by Gasteiger charge is 2.34. The number of amides is 1. The van der Waals surface area contributed by atoms with Crippen LogP contribution < -0.4 is 4.74 Å². The summed E-state index contributed by atoms with van der Waals surface area (Å²) >= 11 is 0. The van der Waals surface area contributed by atoms with Gasteiger partial charge in [-0.1, -0.05) is 0 Å². The van der Waals surface area contributed by atoms with Crippen molar-refractivity contribution in [3.8, 4) is 6.01 Å². The quantitative estimate of drug-likeness (QED) is 0.694. The molecule has 1 atom stereocenters. The third-order valence-electron chi connectivity index (χ3n) is 4.19. The van der Waals surface area contributed by atoms with E-state index in [-0.39, 0.29) is 30.3 Å². The minimum atomic E-state index is -0.215. The maximum atomic E-state index is 12.8. The number of rotatable bonds is 4. The van der Waals surface area contributed by atoms with Crippen molar-refractivity contribution >= 4 is 5.91 Å². The molecule has 1 unspecified atom stereocenters. The lowest BCUT2D eigenvalue weighted by Gasteiger charge is -2.34. The molecule has 3 aromatic heterocycles. The molecule has 3 aromatic rings. The molecule has 1 aliphatic rings. The number of imidazole rings is 1. The molecular formula is C16H16N6O3. The Hall–Kier alpha value is -3.23. The van der Waals surface area contributed by atoms with Gasteiger partial charge in [0.15, 0.2) is 12.1 Å². The largest absolute Gasteiger partial charge is 0.461 e. The molecule has 0 fully saturated rings. The van der Waals surface area contributed by atoms with E-state index in [9.17, 15) is 4.79 Å². The number of hydrogen-bond acceptors (Lipinski definition) is 7. The average Bonchev–Trinajstić information content (AvgIpc) is 3.30. The summed E-state index contributed by atoms with van der Waals surface area (Å²) in [6, 6.07) is 1.82. The van der Waals surface area contributed by atoms with Crippen LogP contribution in [0.15, 0.2) is 41.9 Å². The highest BCUT2D eigenvalue weighted by molar-refractivity contribution is 5.92. The molecule has 0 bridgehead atoms. The normalized spacial score (nSPS) is 16.5. The molecule has 0 saturated carbocycles. The molecule has 0 radical (unpaired) electrons. The highest BCUT2D eigenvalue weighted by atomic mass is 16.5. The van der Waals surface area contributed by atoms with E-state index >= 15 is 0 Å². The van der Waals surface area contributed by atoms with Gasteiger partial charge in [0, 0.05) is 31.6 Å². The van der Waals surface area contributed by atoms with Crippen LogP contribution in [0, 0.1) is 0 Å². The second-order valence-electron chi connectivity index (χ2n) is 5.76. The molecule has 0 spiro atoms. The summed E-state index contributed by atoms with van der Waals surface area (Å²) in [7, 11) is 1.94. The second kappa shape index (κ2) is 6.34. The molecule has 0 aromatic carbocycles. The fraction of sp³-hybridized carbons (Fsp3) is 0.312. The van der Waals surface area contributed by atoms with Crippen LogP contribution in [0.25, 0.3) is 0 Å². The van der Waals surface area contributed by atoms with Gasteiger partial charge in [0.2, 0.25) is 0 Å². The minimum Gasteiger partial charge on any atom is -0.461 e. The van der Waals surface area contributed by atoms with Gasteiger partial charge in [-0.2, -0.15) is 0 Å². The van der Waals surface area contributed by atoms with Crippen LogP contribution in [0.2, 0.25) is 0 Å². The van der Waals surface area contributed by atoms with Crippen molar-refractivity contribution in [2.45, 2.75) is 19.0 Å². The van der Waals surface area contributed by atoms with Crippen molar-refractivity contribution in [1.29, 1.82) is 0 Å². The van der Waals surface area contributed by atoms with Crippen LogP contribution >= 0.6 is 0 Å². The third-order valence-corrected chi connectivity index (χ3v) is 4.19. The van der Waals surface area contributed by atoms with Crippen molar-refractivity contribution in [2.24, 2.45) is 7.05 Å². The van der Waals surface area contributed by atoms with E-state index in [4.69, 9.17) is 9.15 Å². The Labute approximate surface area is 143 Å². The molecule has 4 heterocycles. The smallest absolute Gasteiger partial charge is 0.316 e. The van der Waals surface area contributed by atoms with Gasteiger partial charge in [-0.15, -0.1) is 0 Å². The Kier molecular flexibility index (Phi) is 3.88. The standard InChI is InChI=1S/C16H16N6O3/c1-21-9-19-12-6-22(15(23)13-8-24-10-20-13)11(5-14(12)21)7-25-16-17-3-2-4-18-16/h2-4,8-11H,5-7H2,1H3. The van der Waals surface area contributed by atoms with Crippen molar-refractivity contribution in [3.63, 3.8) is 0 Å². The van der Waals surface area contributed by atoms with E-state index in [0.29, 0.717) is 13.0 Å². The van der Waals surface area contributed by atoms with Crippen molar-refractivity contribution < 1.29 is 13.9 Å². The van der Waals surface area contributed by atoms with E-state index in [0.717, 1.165) is 11.4 Å². The Balaban J connectivity index is 1.58. The van der Waals surface area contributed by atoms with Gasteiger partial charge in [-0.05, 0) is 6.07 Å². The van der Waals surface area contributed by atoms with Gasteiger partial charge in [-0.3, -0.25) is 4.79 Å². The number of aromatic nitrogens is 5. The molecule has 9 heteroatoms. The van der Waals surface area contributed by atoms with Crippen LogP contribution in [-0.4, -0.2) is 48.0 Å². The average molecular weight is 340 g/mol. The summed E-state index contributed by atoms with van der Waals surface area (Å²) in [5.74, 6) is -0.215. The topological polar surface area (TPSA) is 99.2 Å². The Morgan fingerprint density at radius 3 is 2.92 bits per heavy atom. The van der Waals surface area contributed by atoms with Gasteiger partial charge in [0.1, 0.15) is 12.9 Å². The molecular weight excluding hydrogens is 324 g/mol. The number of fused-ring (bicyclic) bond motifs is 1. The summed E-state index contributed by atoms with van der Waals surface area (Å²) in [5, 5.41) is 0. The number of carbonyl (C=O) groups excluding carboxylic acids is 1. The van der Waals surface area contributed by atoms with Crippen LogP contribution in [0.5, 0.6) is 6.01 Å². The summed E-state index contributed by atoms with van der Waals surface area (Å²) < 4.78 is 12.6. The number of nitrogens with zero attached hydrogens (tertiary/aromatic N) is 6. The molecule has 4 rings (SSSR count). The monoisotopic (exact) mass is 340 g/mol. The molecule has 128 valence electrons. The van der Waals surface area contributed by atoms with Gasteiger partial charge >= 0.3 is 6.01 Å². The van der Waals surface area contributed by atoms with Crippen LogP contribution in [0.4, 0.5) is 0 Å². The third kappa shape index (κ3) is 2.95. The number of ether oxygens (including phenoxy) is 1. The van der Waals surface area contributed by atoms with Crippen LogP contribution in [0.3, 0.4) is 0 Å². The SMILES string of the molecule is Cn1cnc2c1CC(COc1ncccn1)N(C(=O)c1cocn1)C2. The summed E-state index contributed by atoms with van der Waals surface area (Å²) in [4.78, 5) is 30.9. The molecule has 1 aliphatic heterocycles. The van der Waals surface area contributed by atoms with E-state index in [1.807, 2.05) is 11.6 Å². The predicted molar refractivity (Wildman–Crippen MR) is 84.6 cm³/mol. The van der Waals surface area contributed by atoms with Crippen molar-refractivity contribution in [3.05, 3.63) is 54.5 Å². The lowest BCUT2D eigenvalue weighted by molar-refractivity contribution is 0.0544. The fourth-order valence-electron chi connectivity index (χ4n) is 2.90. The lowest BCUT2D eigenvalue weighted by atomic mass is 10.0. The Bertz CT molecular complexity index is 861. The lowest BCUT2D eigenvalue weighted by Crippen LogP contribution is -2.48. The number of hydrogen-bond donors (Lipinski definition) is 0. The van der Waals surface area contributed by atoms with Crippen molar-refractivity contribution in [2.75, 3.05) is 6.61 Å². The van der Waals surface area contributed by atoms with E-state index in [2.05, 4.69) is 19.9 Å². The first-order chi connectivity index (χ1) is 12.2. The summed E-state index contributed by atoms with van der Waals surface area (Å²) in [6.45, 7) is 0.670. The van der Waals surface area contributed by atoms with Crippen LogP contribution in [0.1, 0.15) is 21.9 Å². The maximum Gasteiger partial charge on any atom is 0.316 e. The zero-order valence-corrected chi connectivity index (χ0v) is 13.6. The van der Waals surface area contributed by atoms with Crippen molar-refractivity contribution in [1.82, 2.24) is 29.4 Å². The Morgan fingerprint density at radius 1 is 1.32 bits per heavy atom. The predicted octanol–water partition coefficient (Wildman–Crippen LogP) is 0.844. The molecule has 0 saturated heterocycles. The van der Waals surface area contributed by atoms with E-state index < -0.39 is 0 Å². The Morgan fingerprint density at radius 2 is 2.16 bits per heavy atom. The van der Waals surface area contributed by atoms with Gasteiger partial charge in [0.25, 0.3) is 5.91 Å². The zero-order valence-electron chi connectivity index (χ0n) is 13.6. The number of oxazole rings is 1. The maximum absolute atomic E-state index is 12.8. The van der Waals surface area contributed by atoms with Gasteiger partial charge in [-0.25, -0.2) is 19.9 Å². The zero-order chi connectivity index (χ0) is 17.2. The second-order valence-corrected chi connectivity index (χ2v) is 5.76.